The number of hydrogen-bond donors (Lipinski definition) is 1. The number of aliphatic imine (C=N–C) groups is 1. The summed E-state index contributed by atoms with van der Waals surface area (Å²) >= 11 is 0. The van der Waals surface area contributed by atoms with E-state index in [1.54, 1.807) is 6.26 Å². The van der Waals surface area contributed by atoms with Gasteiger partial charge in [-0.1, -0.05) is 31.5 Å². The molecule has 0 radical (unpaired) electrons. The van der Waals surface area contributed by atoms with Gasteiger partial charge in [-0.15, -0.1) is 5.43 Å². The van der Waals surface area contributed by atoms with Crippen molar-refractivity contribution < 1.29 is 4.42 Å². The van der Waals surface area contributed by atoms with Crippen LogP contribution in [0.3, 0.4) is 0 Å². The lowest BCUT2D eigenvalue weighted by atomic mass is 10.00. The number of quaternary nitrogens is 1. The van der Waals surface area contributed by atoms with Crippen molar-refractivity contribution in [2.45, 2.75) is 31.8 Å². The molecule has 2 aromatic carbocycles. The Morgan fingerprint density at radius 3 is 2.59 bits per heavy atom. The van der Waals surface area contributed by atoms with Gasteiger partial charge in [-0.05, 0) is 54.3 Å². The smallest absolute Gasteiger partial charge is 0.218 e. The Bertz CT molecular complexity index is 1050. The summed E-state index contributed by atoms with van der Waals surface area (Å²) in [5.74, 6) is 0.837. The van der Waals surface area contributed by atoms with Gasteiger partial charge in [0.05, 0.1) is 24.9 Å². The Morgan fingerprint density at radius 1 is 1.10 bits per heavy atom. The first-order valence-corrected chi connectivity index (χ1v) is 9.96. The van der Waals surface area contributed by atoms with E-state index in [4.69, 9.17) is 9.41 Å². The van der Waals surface area contributed by atoms with Gasteiger partial charge in [0, 0.05) is 12.1 Å². The quantitative estimate of drug-likeness (QED) is 0.582. The van der Waals surface area contributed by atoms with Gasteiger partial charge in [0.2, 0.25) is 12.0 Å². The second kappa shape index (κ2) is 7.67. The third kappa shape index (κ3) is 3.49. The van der Waals surface area contributed by atoms with Crippen molar-refractivity contribution in [2.75, 3.05) is 7.05 Å². The van der Waals surface area contributed by atoms with E-state index in [0.717, 1.165) is 41.8 Å². The molecule has 5 nitrogen and oxygen atoms in total. The Morgan fingerprint density at radius 2 is 1.90 bits per heavy atom. The number of benzene rings is 2. The molecule has 2 unspecified atom stereocenters. The first kappa shape index (κ1) is 19.1. The summed E-state index contributed by atoms with van der Waals surface area (Å²) in [6, 6.07) is 22.1. The van der Waals surface area contributed by atoms with Gasteiger partial charge in [0.1, 0.15) is 0 Å². The fourth-order valence-electron chi connectivity index (χ4n) is 3.88. The highest BCUT2D eigenvalue weighted by Crippen LogP contribution is 2.37. The van der Waals surface area contributed by atoms with Gasteiger partial charge in [-0.2, -0.15) is 9.85 Å². The molecule has 1 aliphatic heterocycles. The molecule has 1 aromatic heterocycles. The van der Waals surface area contributed by atoms with Crippen LogP contribution in [0.5, 0.6) is 0 Å². The lowest BCUT2D eigenvalue weighted by Gasteiger charge is -2.31. The van der Waals surface area contributed by atoms with Crippen molar-refractivity contribution in [3.63, 3.8) is 0 Å². The van der Waals surface area contributed by atoms with E-state index in [1.807, 2.05) is 42.7 Å². The standard InChI is InChI=1S/C24H25N4O/c1-3-4-15-24(23-10-7-16-29-23)26-18-28(2,27-24)21-13-11-19(12-14-21)22-9-6-5-8-20(22)17-25/h5-14,16,18,27H,3-4,15H2,1-2H3/q+1. The average Bonchev–Trinajstić information content (AvgIpc) is 3.42. The van der Waals surface area contributed by atoms with E-state index in [9.17, 15) is 5.26 Å². The van der Waals surface area contributed by atoms with Gasteiger partial charge in [-0.25, -0.2) is 4.99 Å². The fraction of sp³-hybridized carbons (Fsp3) is 0.250. The molecule has 0 saturated heterocycles. The van der Waals surface area contributed by atoms with E-state index in [-0.39, 0.29) is 0 Å². The molecule has 2 atom stereocenters. The average molecular weight is 385 g/mol. The van der Waals surface area contributed by atoms with Crippen LogP contribution < -0.4 is 10.0 Å². The van der Waals surface area contributed by atoms with Gasteiger partial charge in [0.25, 0.3) is 0 Å². The molecule has 1 aliphatic rings. The summed E-state index contributed by atoms with van der Waals surface area (Å²) in [5.41, 5.74) is 6.84. The van der Waals surface area contributed by atoms with E-state index >= 15 is 0 Å². The third-order valence-corrected chi connectivity index (χ3v) is 5.51. The number of nitrogens with zero attached hydrogens (tertiary/aromatic N) is 3. The van der Waals surface area contributed by atoms with Crippen LogP contribution in [0.4, 0.5) is 5.69 Å². The summed E-state index contributed by atoms with van der Waals surface area (Å²) in [4.78, 5) is 4.88. The van der Waals surface area contributed by atoms with Crippen molar-refractivity contribution in [3.05, 3.63) is 78.3 Å². The van der Waals surface area contributed by atoms with Crippen molar-refractivity contribution in [1.82, 2.24) is 10.0 Å². The molecular weight excluding hydrogens is 360 g/mol. The van der Waals surface area contributed by atoms with Crippen molar-refractivity contribution in [2.24, 2.45) is 4.99 Å². The number of furan rings is 1. The molecule has 3 aromatic rings. The normalized spacial score (nSPS) is 23.2. The molecule has 5 heteroatoms. The Kier molecular flexibility index (Phi) is 5.06. The number of nitrogens with one attached hydrogen (secondary N) is 1. The summed E-state index contributed by atoms with van der Waals surface area (Å²) in [5, 5.41) is 9.38. The van der Waals surface area contributed by atoms with E-state index in [1.165, 1.54) is 0 Å². The summed E-state index contributed by atoms with van der Waals surface area (Å²) in [7, 11) is 2.08. The molecule has 1 N–H and O–H groups in total. The van der Waals surface area contributed by atoms with Crippen LogP contribution >= 0.6 is 0 Å². The van der Waals surface area contributed by atoms with Gasteiger partial charge >= 0.3 is 0 Å². The lowest BCUT2D eigenvalue weighted by molar-refractivity contribution is 0.196. The lowest BCUT2D eigenvalue weighted by Crippen LogP contribution is -2.57. The van der Waals surface area contributed by atoms with E-state index in [2.05, 4.69) is 49.7 Å². The summed E-state index contributed by atoms with van der Waals surface area (Å²) in [6.07, 6.45) is 6.65. The zero-order valence-electron chi connectivity index (χ0n) is 16.8. The van der Waals surface area contributed by atoms with Crippen molar-refractivity contribution >= 4 is 12.0 Å². The van der Waals surface area contributed by atoms with Crippen LogP contribution in [0.1, 0.15) is 37.5 Å². The molecule has 29 heavy (non-hydrogen) atoms. The molecule has 146 valence electrons. The first-order valence-electron chi connectivity index (χ1n) is 9.96. The zero-order valence-corrected chi connectivity index (χ0v) is 16.8. The first-order chi connectivity index (χ1) is 14.1. The van der Waals surface area contributed by atoms with E-state index in [0.29, 0.717) is 10.2 Å². The summed E-state index contributed by atoms with van der Waals surface area (Å²) in [6.45, 7) is 2.18. The van der Waals surface area contributed by atoms with Crippen LogP contribution in [0.15, 0.2) is 76.3 Å². The number of unbranched alkanes of at least 4 members (excludes halogenated alkanes) is 1. The highest BCUT2D eigenvalue weighted by Gasteiger charge is 2.47. The van der Waals surface area contributed by atoms with Crippen molar-refractivity contribution in [3.8, 4) is 17.2 Å². The Hall–Kier alpha value is -3.20. The van der Waals surface area contributed by atoms with Crippen LogP contribution in [-0.2, 0) is 5.66 Å². The number of nitriles is 1. The topological polar surface area (TPSA) is 61.3 Å². The minimum absolute atomic E-state index is 0.380. The molecule has 0 fully saturated rings. The second-order valence-corrected chi connectivity index (χ2v) is 7.58. The maximum atomic E-state index is 9.38. The van der Waals surface area contributed by atoms with E-state index < -0.39 is 5.66 Å². The Balaban J connectivity index is 1.64. The highest BCUT2D eigenvalue weighted by atomic mass is 16.3. The number of rotatable bonds is 6. The molecule has 0 aliphatic carbocycles. The molecule has 0 amide bonds. The maximum Gasteiger partial charge on any atom is 0.218 e. The zero-order chi connectivity index (χ0) is 20.3. The third-order valence-electron chi connectivity index (χ3n) is 5.51. The fourth-order valence-corrected chi connectivity index (χ4v) is 3.88. The minimum Gasteiger partial charge on any atom is -0.465 e. The van der Waals surface area contributed by atoms with Crippen molar-refractivity contribution in [1.29, 1.82) is 5.26 Å². The molecule has 4 rings (SSSR count). The molecule has 0 bridgehead atoms. The number of hydrogen-bond acceptors (Lipinski definition) is 4. The predicted octanol–water partition coefficient (Wildman–Crippen LogP) is 5.35. The molecule has 2 heterocycles. The Labute approximate surface area is 171 Å². The predicted molar refractivity (Wildman–Crippen MR) is 116 cm³/mol. The second-order valence-electron chi connectivity index (χ2n) is 7.58. The monoisotopic (exact) mass is 385 g/mol. The molecule has 0 saturated carbocycles. The van der Waals surface area contributed by atoms with Crippen LogP contribution in [-0.4, -0.2) is 13.4 Å². The van der Waals surface area contributed by atoms with Gasteiger partial charge < -0.3 is 4.42 Å². The van der Waals surface area contributed by atoms with Crippen LogP contribution in [0, 0.1) is 11.3 Å². The minimum atomic E-state index is -0.555. The highest BCUT2D eigenvalue weighted by molar-refractivity contribution is 5.77. The molecular formula is C24H25N4O+. The maximum absolute atomic E-state index is 9.38. The van der Waals surface area contributed by atoms with Gasteiger partial charge in [-0.3, -0.25) is 0 Å². The summed E-state index contributed by atoms with van der Waals surface area (Å²) < 4.78 is 6.11. The SMILES string of the molecule is CCCCC1(c2ccco2)N=C[N+](C)(c2ccc(-c3ccccc3C#N)cc2)N1. The van der Waals surface area contributed by atoms with Gasteiger partial charge in [0.15, 0.2) is 11.4 Å². The van der Waals surface area contributed by atoms with Crippen LogP contribution in [0.25, 0.3) is 11.1 Å². The van der Waals surface area contributed by atoms with Crippen LogP contribution in [0.2, 0.25) is 0 Å². The molecule has 0 spiro atoms. The largest absolute Gasteiger partial charge is 0.465 e.